The first kappa shape index (κ1) is 14.6. The average Bonchev–Trinajstić information content (AvgIpc) is 2.27. The molecule has 1 unspecified atom stereocenters. The molecule has 1 aromatic rings. The molecule has 0 aliphatic rings. The van der Waals surface area contributed by atoms with E-state index >= 15 is 0 Å². The number of rotatable bonds is 6. The van der Waals surface area contributed by atoms with Crippen LogP contribution in [0.25, 0.3) is 0 Å². The molecule has 18 heavy (non-hydrogen) atoms. The Kier molecular flexibility index (Phi) is 5.71. The Morgan fingerprint density at radius 1 is 1.44 bits per heavy atom. The van der Waals surface area contributed by atoms with Crippen LogP contribution >= 0.6 is 0 Å². The summed E-state index contributed by atoms with van der Waals surface area (Å²) in [4.78, 5) is 11.4. The molecule has 0 aliphatic heterocycles. The Hall–Kier alpha value is -1.49. The number of carbonyl (C=O) groups excluding carboxylic acids is 1. The number of amides is 1. The number of carbonyl (C=O) groups is 1. The lowest BCUT2D eigenvalue weighted by molar-refractivity contribution is -0.121. The summed E-state index contributed by atoms with van der Waals surface area (Å²) in [5.41, 5.74) is 0.321. The van der Waals surface area contributed by atoms with Gasteiger partial charge >= 0.3 is 0 Å². The first-order chi connectivity index (χ1) is 8.49. The number of hydrogen-bond donors (Lipinski definition) is 2. The normalized spacial score (nSPS) is 12.2. The molecule has 0 aromatic heterocycles. The fourth-order valence-corrected chi connectivity index (χ4v) is 1.48. The number of nitrogens with one attached hydrogen (secondary N) is 1. The third-order valence-electron chi connectivity index (χ3n) is 2.52. The van der Waals surface area contributed by atoms with Crippen LogP contribution in [-0.2, 0) is 11.2 Å². The maximum atomic E-state index is 13.3. The zero-order valence-corrected chi connectivity index (χ0v) is 10.2. The number of halogens is 2. The number of aliphatic hydroxyl groups is 1. The molecule has 3 nitrogen and oxygen atoms in total. The van der Waals surface area contributed by atoms with Crippen LogP contribution in [0.1, 0.15) is 25.3 Å². The van der Waals surface area contributed by atoms with Gasteiger partial charge in [0, 0.05) is 19.0 Å². The minimum Gasteiger partial charge on any atom is -0.393 e. The number of benzene rings is 1. The van der Waals surface area contributed by atoms with Gasteiger partial charge in [0.25, 0.3) is 0 Å². The van der Waals surface area contributed by atoms with Crippen molar-refractivity contribution in [1.29, 1.82) is 0 Å². The third kappa shape index (κ3) is 5.23. The maximum Gasteiger partial charge on any atom is 0.220 e. The molecule has 100 valence electrons. The van der Waals surface area contributed by atoms with E-state index in [4.69, 9.17) is 5.11 Å². The van der Waals surface area contributed by atoms with Crippen LogP contribution < -0.4 is 5.32 Å². The number of hydrogen-bond acceptors (Lipinski definition) is 2. The summed E-state index contributed by atoms with van der Waals surface area (Å²) in [5, 5.41) is 11.6. The molecule has 0 bridgehead atoms. The largest absolute Gasteiger partial charge is 0.393 e. The van der Waals surface area contributed by atoms with Gasteiger partial charge in [-0.3, -0.25) is 4.79 Å². The zero-order valence-electron chi connectivity index (χ0n) is 10.2. The lowest BCUT2D eigenvalue weighted by atomic mass is 10.1. The van der Waals surface area contributed by atoms with Crippen molar-refractivity contribution >= 4 is 5.91 Å². The van der Waals surface area contributed by atoms with E-state index in [-0.39, 0.29) is 18.7 Å². The summed E-state index contributed by atoms with van der Waals surface area (Å²) in [6.45, 7) is 2.03. The van der Waals surface area contributed by atoms with Crippen molar-refractivity contribution in [3.63, 3.8) is 0 Å². The standard InChI is InChI=1S/C13H17F2NO2/c1-9(17)6-7-16-13(18)5-3-10-2-4-11(14)8-12(10)15/h2,4,8-9,17H,3,5-7H2,1H3,(H,16,18). The monoisotopic (exact) mass is 257 g/mol. The Morgan fingerprint density at radius 3 is 2.78 bits per heavy atom. The summed E-state index contributed by atoms with van der Waals surface area (Å²) in [5.74, 6) is -1.47. The molecular formula is C13H17F2NO2. The van der Waals surface area contributed by atoms with Gasteiger partial charge in [0.2, 0.25) is 5.91 Å². The highest BCUT2D eigenvalue weighted by Gasteiger charge is 2.07. The molecule has 2 N–H and O–H groups in total. The van der Waals surface area contributed by atoms with E-state index in [1.54, 1.807) is 6.92 Å². The molecule has 1 aromatic carbocycles. The molecule has 1 atom stereocenters. The van der Waals surface area contributed by atoms with Crippen molar-refractivity contribution in [1.82, 2.24) is 5.32 Å². The quantitative estimate of drug-likeness (QED) is 0.816. The number of aliphatic hydroxyl groups excluding tert-OH is 1. The van der Waals surface area contributed by atoms with Gasteiger partial charge in [0.1, 0.15) is 11.6 Å². The summed E-state index contributed by atoms with van der Waals surface area (Å²) in [6.07, 6.45) is 0.394. The van der Waals surface area contributed by atoms with Crippen molar-refractivity contribution in [2.75, 3.05) is 6.54 Å². The van der Waals surface area contributed by atoms with Gasteiger partial charge in [0.05, 0.1) is 6.10 Å². The predicted octanol–water partition coefficient (Wildman–Crippen LogP) is 1.78. The first-order valence-electron chi connectivity index (χ1n) is 5.87. The summed E-state index contributed by atoms with van der Waals surface area (Å²) in [7, 11) is 0. The van der Waals surface area contributed by atoms with Gasteiger partial charge in [-0.1, -0.05) is 6.07 Å². The minimum absolute atomic E-state index is 0.141. The Labute approximate surface area is 105 Å². The van der Waals surface area contributed by atoms with E-state index in [1.807, 2.05) is 0 Å². The fourth-order valence-electron chi connectivity index (χ4n) is 1.48. The molecule has 0 heterocycles. The molecule has 5 heteroatoms. The lowest BCUT2D eigenvalue weighted by Crippen LogP contribution is -2.26. The molecule has 1 rings (SSSR count). The summed E-state index contributed by atoms with van der Waals surface area (Å²) < 4.78 is 25.9. The summed E-state index contributed by atoms with van der Waals surface area (Å²) in [6, 6.07) is 3.32. The van der Waals surface area contributed by atoms with Gasteiger partial charge in [-0.25, -0.2) is 8.78 Å². The van der Waals surface area contributed by atoms with Gasteiger partial charge in [-0.2, -0.15) is 0 Å². The highest BCUT2D eigenvalue weighted by molar-refractivity contribution is 5.76. The molecule has 1 amide bonds. The van der Waals surface area contributed by atoms with Gasteiger partial charge in [0.15, 0.2) is 0 Å². The van der Waals surface area contributed by atoms with Crippen LogP contribution in [0.2, 0.25) is 0 Å². The second kappa shape index (κ2) is 7.06. The van der Waals surface area contributed by atoms with Gasteiger partial charge in [-0.05, 0) is 31.4 Å². The van der Waals surface area contributed by atoms with Crippen LogP contribution in [0.5, 0.6) is 0 Å². The number of aryl methyl sites for hydroxylation is 1. The smallest absolute Gasteiger partial charge is 0.220 e. The van der Waals surface area contributed by atoms with Crippen LogP contribution in [0.4, 0.5) is 8.78 Å². The third-order valence-corrected chi connectivity index (χ3v) is 2.52. The van der Waals surface area contributed by atoms with E-state index in [2.05, 4.69) is 5.32 Å². The van der Waals surface area contributed by atoms with E-state index < -0.39 is 17.7 Å². The topological polar surface area (TPSA) is 49.3 Å². The highest BCUT2D eigenvalue weighted by atomic mass is 19.1. The second-order valence-electron chi connectivity index (χ2n) is 4.22. The summed E-state index contributed by atoms with van der Waals surface area (Å²) >= 11 is 0. The Morgan fingerprint density at radius 2 is 2.17 bits per heavy atom. The van der Waals surface area contributed by atoms with E-state index in [0.29, 0.717) is 18.5 Å². The molecular weight excluding hydrogens is 240 g/mol. The van der Waals surface area contributed by atoms with Gasteiger partial charge in [-0.15, -0.1) is 0 Å². The van der Waals surface area contributed by atoms with Crippen molar-refractivity contribution in [2.45, 2.75) is 32.3 Å². The predicted molar refractivity (Wildman–Crippen MR) is 64.0 cm³/mol. The molecule has 0 spiro atoms. The Balaban J connectivity index is 2.33. The lowest BCUT2D eigenvalue weighted by Gasteiger charge is -2.07. The zero-order chi connectivity index (χ0) is 13.5. The average molecular weight is 257 g/mol. The van der Waals surface area contributed by atoms with Crippen LogP contribution in [-0.4, -0.2) is 23.7 Å². The molecule has 0 aliphatic carbocycles. The minimum atomic E-state index is -0.633. The van der Waals surface area contributed by atoms with Crippen molar-refractivity contribution in [2.24, 2.45) is 0 Å². The second-order valence-corrected chi connectivity index (χ2v) is 4.22. The molecule has 0 saturated carbocycles. The fraction of sp³-hybridized carbons (Fsp3) is 0.462. The Bertz CT molecular complexity index is 408. The van der Waals surface area contributed by atoms with Crippen molar-refractivity contribution in [3.8, 4) is 0 Å². The van der Waals surface area contributed by atoms with Crippen LogP contribution in [0, 0.1) is 11.6 Å². The van der Waals surface area contributed by atoms with Crippen LogP contribution in [0.3, 0.4) is 0 Å². The van der Waals surface area contributed by atoms with Gasteiger partial charge < -0.3 is 10.4 Å². The van der Waals surface area contributed by atoms with Crippen molar-refractivity contribution in [3.05, 3.63) is 35.4 Å². The first-order valence-corrected chi connectivity index (χ1v) is 5.87. The molecule has 0 saturated heterocycles. The molecule has 0 fully saturated rings. The van der Waals surface area contributed by atoms with Crippen LogP contribution in [0.15, 0.2) is 18.2 Å². The maximum absolute atomic E-state index is 13.3. The van der Waals surface area contributed by atoms with Crippen molar-refractivity contribution < 1.29 is 18.7 Å². The van der Waals surface area contributed by atoms with E-state index in [1.165, 1.54) is 12.1 Å². The molecule has 0 radical (unpaired) electrons. The van der Waals surface area contributed by atoms with E-state index in [9.17, 15) is 13.6 Å². The highest BCUT2D eigenvalue weighted by Crippen LogP contribution is 2.11. The SMILES string of the molecule is CC(O)CCNC(=O)CCc1ccc(F)cc1F. The van der Waals surface area contributed by atoms with E-state index in [0.717, 1.165) is 6.07 Å².